The van der Waals surface area contributed by atoms with Gasteiger partial charge in [-0.1, -0.05) is 12.1 Å². The Bertz CT molecular complexity index is 944. The van der Waals surface area contributed by atoms with Crippen molar-refractivity contribution in [1.82, 2.24) is 19.6 Å². The standard InChI is InChI=1S/C18H18F3N5O/c1-12-6-7-26(24-12)13(2)17(27)23-16-9-22-25(11-16)10-14-4-3-5-15(8-14)18(19,20)21/h3-9,11,13H,10H2,1-2H3,(H,23,27). The number of hydrogen-bond donors (Lipinski definition) is 1. The van der Waals surface area contributed by atoms with Gasteiger partial charge in [0.1, 0.15) is 6.04 Å². The lowest BCUT2D eigenvalue weighted by molar-refractivity contribution is -0.137. The number of rotatable bonds is 5. The molecular formula is C18H18F3N5O. The summed E-state index contributed by atoms with van der Waals surface area (Å²) < 4.78 is 41.4. The van der Waals surface area contributed by atoms with Crippen LogP contribution in [0.2, 0.25) is 0 Å². The summed E-state index contributed by atoms with van der Waals surface area (Å²) in [7, 11) is 0. The second kappa shape index (κ2) is 7.26. The molecule has 2 aromatic heterocycles. The quantitative estimate of drug-likeness (QED) is 0.738. The van der Waals surface area contributed by atoms with Crippen molar-refractivity contribution < 1.29 is 18.0 Å². The van der Waals surface area contributed by atoms with Crippen LogP contribution in [0.4, 0.5) is 18.9 Å². The fourth-order valence-electron chi connectivity index (χ4n) is 2.56. The maximum atomic E-state index is 12.8. The number of halogens is 3. The van der Waals surface area contributed by atoms with E-state index in [0.29, 0.717) is 11.3 Å². The minimum atomic E-state index is -4.39. The van der Waals surface area contributed by atoms with E-state index in [1.54, 1.807) is 36.1 Å². The van der Waals surface area contributed by atoms with Crippen LogP contribution in [-0.4, -0.2) is 25.5 Å². The Morgan fingerprint density at radius 1 is 1.30 bits per heavy atom. The summed E-state index contributed by atoms with van der Waals surface area (Å²) in [6.45, 7) is 3.71. The molecule has 3 rings (SSSR count). The largest absolute Gasteiger partial charge is 0.416 e. The molecule has 9 heteroatoms. The van der Waals surface area contributed by atoms with Crippen molar-refractivity contribution in [1.29, 1.82) is 0 Å². The Morgan fingerprint density at radius 2 is 2.07 bits per heavy atom. The van der Waals surface area contributed by atoms with Crippen LogP contribution in [0.1, 0.15) is 29.8 Å². The third-order valence-corrected chi connectivity index (χ3v) is 4.02. The number of anilines is 1. The molecule has 142 valence electrons. The summed E-state index contributed by atoms with van der Waals surface area (Å²) in [4.78, 5) is 12.3. The zero-order valence-electron chi connectivity index (χ0n) is 14.7. The van der Waals surface area contributed by atoms with Crippen molar-refractivity contribution in [2.45, 2.75) is 32.6 Å². The predicted octanol–water partition coefficient (Wildman–Crippen LogP) is 3.65. The van der Waals surface area contributed by atoms with E-state index >= 15 is 0 Å². The Hall–Kier alpha value is -3.10. The molecule has 1 amide bonds. The van der Waals surface area contributed by atoms with Gasteiger partial charge in [-0.15, -0.1) is 0 Å². The van der Waals surface area contributed by atoms with Gasteiger partial charge in [-0.05, 0) is 37.6 Å². The lowest BCUT2D eigenvalue weighted by Crippen LogP contribution is -2.23. The molecular weight excluding hydrogens is 359 g/mol. The smallest absolute Gasteiger partial charge is 0.322 e. The average molecular weight is 377 g/mol. The summed E-state index contributed by atoms with van der Waals surface area (Å²) in [6.07, 6.45) is 0.350. The van der Waals surface area contributed by atoms with Gasteiger partial charge < -0.3 is 5.32 Å². The molecule has 1 aromatic carbocycles. The van der Waals surface area contributed by atoms with Crippen molar-refractivity contribution in [2.75, 3.05) is 5.32 Å². The van der Waals surface area contributed by atoms with Gasteiger partial charge in [-0.2, -0.15) is 23.4 Å². The van der Waals surface area contributed by atoms with Crippen LogP contribution in [0, 0.1) is 6.92 Å². The van der Waals surface area contributed by atoms with Gasteiger partial charge in [0.15, 0.2) is 0 Å². The maximum Gasteiger partial charge on any atom is 0.416 e. The average Bonchev–Trinajstić information content (AvgIpc) is 3.22. The molecule has 27 heavy (non-hydrogen) atoms. The highest BCUT2D eigenvalue weighted by molar-refractivity contribution is 5.93. The van der Waals surface area contributed by atoms with E-state index in [1.807, 2.05) is 6.92 Å². The molecule has 0 bridgehead atoms. The summed E-state index contributed by atoms with van der Waals surface area (Å²) >= 11 is 0. The highest BCUT2D eigenvalue weighted by Gasteiger charge is 2.30. The molecule has 0 aliphatic rings. The first-order valence-corrected chi connectivity index (χ1v) is 8.23. The molecule has 0 radical (unpaired) electrons. The molecule has 6 nitrogen and oxygen atoms in total. The summed E-state index contributed by atoms with van der Waals surface area (Å²) in [6, 6.07) is 6.36. The number of carbonyl (C=O) groups is 1. The Labute approximate surface area is 153 Å². The van der Waals surface area contributed by atoms with Crippen molar-refractivity contribution in [3.63, 3.8) is 0 Å². The molecule has 0 saturated heterocycles. The molecule has 0 saturated carbocycles. The Kier molecular flexibility index (Phi) is 5.02. The highest BCUT2D eigenvalue weighted by Crippen LogP contribution is 2.29. The molecule has 1 N–H and O–H groups in total. The first kappa shape index (κ1) is 18.7. The second-order valence-electron chi connectivity index (χ2n) is 6.23. The van der Waals surface area contributed by atoms with E-state index in [-0.39, 0.29) is 12.5 Å². The fraction of sp³-hybridized carbons (Fsp3) is 0.278. The number of hydrogen-bond acceptors (Lipinski definition) is 3. The highest BCUT2D eigenvalue weighted by atomic mass is 19.4. The number of nitrogens with zero attached hydrogens (tertiary/aromatic N) is 4. The number of carbonyl (C=O) groups excluding carboxylic acids is 1. The van der Waals surface area contributed by atoms with Crippen molar-refractivity contribution in [3.8, 4) is 0 Å². The number of amides is 1. The third-order valence-electron chi connectivity index (χ3n) is 4.02. The van der Waals surface area contributed by atoms with E-state index in [1.165, 1.54) is 16.9 Å². The predicted molar refractivity (Wildman–Crippen MR) is 93.1 cm³/mol. The van der Waals surface area contributed by atoms with Crippen LogP contribution < -0.4 is 5.32 Å². The van der Waals surface area contributed by atoms with Crippen LogP contribution in [0.3, 0.4) is 0 Å². The maximum absolute atomic E-state index is 12.8. The monoisotopic (exact) mass is 377 g/mol. The first-order chi connectivity index (χ1) is 12.7. The third kappa shape index (κ3) is 4.55. The molecule has 1 unspecified atom stereocenters. The van der Waals surface area contributed by atoms with Gasteiger partial charge in [0.2, 0.25) is 5.91 Å². The van der Waals surface area contributed by atoms with E-state index in [9.17, 15) is 18.0 Å². The van der Waals surface area contributed by atoms with Gasteiger partial charge >= 0.3 is 6.18 Å². The number of aryl methyl sites for hydroxylation is 1. The lowest BCUT2D eigenvalue weighted by Gasteiger charge is -2.11. The van der Waals surface area contributed by atoms with E-state index in [0.717, 1.165) is 17.8 Å². The lowest BCUT2D eigenvalue weighted by atomic mass is 10.1. The van der Waals surface area contributed by atoms with Crippen LogP contribution in [0.5, 0.6) is 0 Å². The Balaban J connectivity index is 1.66. The normalized spacial score (nSPS) is 12.8. The second-order valence-corrected chi connectivity index (χ2v) is 6.23. The molecule has 3 aromatic rings. The van der Waals surface area contributed by atoms with E-state index in [4.69, 9.17) is 0 Å². The zero-order valence-corrected chi connectivity index (χ0v) is 14.7. The van der Waals surface area contributed by atoms with E-state index in [2.05, 4.69) is 15.5 Å². The van der Waals surface area contributed by atoms with Gasteiger partial charge in [-0.25, -0.2) is 0 Å². The summed E-state index contributed by atoms with van der Waals surface area (Å²) in [5, 5.41) is 11.0. The van der Waals surface area contributed by atoms with E-state index < -0.39 is 17.8 Å². The topological polar surface area (TPSA) is 64.7 Å². The SMILES string of the molecule is Cc1ccn(C(C)C(=O)Nc2cnn(Cc3cccc(C(F)(F)F)c3)c2)n1. The molecule has 0 spiro atoms. The zero-order chi connectivity index (χ0) is 19.6. The fourth-order valence-corrected chi connectivity index (χ4v) is 2.56. The van der Waals surface area contributed by atoms with Crippen LogP contribution >= 0.6 is 0 Å². The van der Waals surface area contributed by atoms with Crippen molar-refractivity contribution in [2.24, 2.45) is 0 Å². The van der Waals surface area contributed by atoms with Crippen LogP contribution in [0.15, 0.2) is 48.9 Å². The Morgan fingerprint density at radius 3 is 2.74 bits per heavy atom. The molecule has 2 heterocycles. The van der Waals surface area contributed by atoms with Gasteiger partial charge in [0, 0.05) is 12.4 Å². The van der Waals surface area contributed by atoms with Gasteiger partial charge in [-0.3, -0.25) is 14.2 Å². The molecule has 0 fully saturated rings. The van der Waals surface area contributed by atoms with Gasteiger partial charge in [0.25, 0.3) is 0 Å². The number of nitrogens with one attached hydrogen (secondary N) is 1. The minimum absolute atomic E-state index is 0.160. The number of alkyl halides is 3. The number of aromatic nitrogens is 4. The minimum Gasteiger partial charge on any atom is -0.322 e. The molecule has 0 aliphatic carbocycles. The summed E-state index contributed by atoms with van der Waals surface area (Å²) in [5.41, 5.74) is 1.03. The van der Waals surface area contributed by atoms with Crippen molar-refractivity contribution >= 4 is 11.6 Å². The molecule has 0 aliphatic heterocycles. The summed E-state index contributed by atoms with van der Waals surface area (Å²) in [5.74, 6) is -0.267. The van der Waals surface area contributed by atoms with Crippen molar-refractivity contribution in [3.05, 3.63) is 65.7 Å². The van der Waals surface area contributed by atoms with Gasteiger partial charge in [0.05, 0.1) is 29.7 Å². The number of benzene rings is 1. The van der Waals surface area contributed by atoms with Crippen LogP contribution in [0.25, 0.3) is 0 Å². The van der Waals surface area contributed by atoms with Crippen LogP contribution in [-0.2, 0) is 17.5 Å². The molecule has 1 atom stereocenters. The first-order valence-electron chi connectivity index (χ1n) is 8.23.